The van der Waals surface area contributed by atoms with Crippen LogP contribution in [-0.4, -0.2) is 14.2 Å². The molecule has 3 rings (SSSR count). The lowest BCUT2D eigenvalue weighted by Crippen LogP contribution is -2.20. The predicted molar refractivity (Wildman–Crippen MR) is 108 cm³/mol. The van der Waals surface area contributed by atoms with Crippen molar-refractivity contribution in [1.29, 1.82) is 0 Å². The molecule has 3 heteroatoms. The first kappa shape index (κ1) is 17.3. The van der Waals surface area contributed by atoms with Crippen molar-refractivity contribution < 1.29 is 9.47 Å². The second-order valence-electron chi connectivity index (χ2n) is 5.53. The van der Waals surface area contributed by atoms with Gasteiger partial charge >= 0.3 is 0 Å². The quantitative estimate of drug-likeness (QED) is 0.624. The highest BCUT2D eigenvalue weighted by Gasteiger charge is 2.16. The third-order valence-electron chi connectivity index (χ3n) is 4.05. The monoisotopic (exact) mass is 348 g/mol. The summed E-state index contributed by atoms with van der Waals surface area (Å²) in [7, 11) is 2.74. The Hall–Kier alpha value is -2.57. The van der Waals surface area contributed by atoms with E-state index in [4.69, 9.17) is 9.47 Å². The first-order chi connectivity index (χ1) is 12.2. The molecule has 0 N–H and O–H groups in total. The Morgan fingerprint density at radius 1 is 0.640 bits per heavy atom. The maximum Gasteiger partial charge on any atom is 0.118 e. The van der Waals surface area contributed by atoms with Crippen LogP contribution in [0.4, 0.5) is 0 Å². The fraction of sp³-hybridized carbons (Fsp3) is 0.0909. The summed E-state index contributed by atoms with van der Waals surface area (Å²) in [5.41, 5.74) is 1.13. The van der Waals surface area contributed by atoms with Crippen LogP contribution in [0.25, 0.3) is 6.08 Å². The van der Waals surface area contributed by atoms with Crippen molar-refractivity contribution in [1.82, 2.24) is 0 Å². The number of benzene rings is 3. The van der Waals surface area contributed by atoms with E-state index in [-0.39, 0.29) is 0 Å². The highest BCUT2D eigenvalue weighted by molar-refractivity contribution is 7.79. The van der Waals surface area contributed by atoms with Crippen LogP contribution >= 0.6 is 7.92 Å². The summed E-state index contributed by atoms with van der Waals surface area (Å²) in [5, 5.41) is 3.87. The van der Waals surface area contributed by atoms with Crippen LogP contribution in [0.15, 0.2) is 79.4 Å². The molecular formula is C22H21O2P. The highest BCUT2D eigenvalue weighted by Crippen LogP contribution is 2.34. The molecule has 3 aromatic rings. The van der Waals surface area contributed by atoms with E-state index in [0.29, 0.717) is 0 Å². The average molecular weight is 348 g/mol. The summed E-state index contributed by atoms with van der Waals surface area (Å²) < 4.78 is 10.6. The first-order valence-corrected chi connectivity index (χ1v) is 9.40. The average Bonchev–Trinajstić information content (AvgIpc) is 2.70. The van der Waals surface area contributed by atoms with E-state index in [1.54, 1.807) is 14.2 Å². The predicted octanol–water partition coefficient (Wildman–Crippen LogP) is 4.11. The largest absolute Gasteiger partial charge is 0.497 e. The molecule has 0 saturated heterocycles. The van der Waals surface area contributed by atoms with Gasteiger partial charge in [0.05, 0.1) is 14.2 Å². The van der Waals surface area contributed by atoms with Crippen molar-refractivity contribution in [3.63, 3.8) is 0 Å². The molecule has 0 saturated carbocycles. The maximum absolute atomic E-state index is 5.30. The molecule has 0 fully saturated rings. The van der Waals surface area contributed by atoms with Gasteiger partial charge < -0.3 is 9.47 Å². The zero-order valence-corrected chi connectivity index (χ0v) is 15.4. The zero-order chi connectivity index (χ0) is 17.6. The minimum absolute atomic E-state index is 0.644. The molecule has 0 spiro atoms. The molecule has 0 unspecified atom stereocenters. The number of hydrogen-bond acceptors (Lipinski definition) is 2. The minimum atomic E-state index is -0.644. The molecule has 3 aromatic carbocycles. The normalized spacial score (nSPS) is 10.5. The van der Waals surface area contributed by atoms with E-state index >= 15 is 0 Å². The fourth-order valence-electron chi connectivity index (χ4n) is 2.67. The van der Waals surface area contributed by atoms with Gasteiger partial charge in [0, 0.05) is 0 Å². The van der Waals surface area contributed by atoms with E-state index in [1.807, 2.05) is 30.3 Å². The smallest absolute Gasteiger partial charge is 0.118 e. The third-order valence-corrected chi connectivity index (χ3v) is 6.49. The topological polar surface area (TPSA) is 18.5 Å². The van der Waals surface area contributed by atoms with E-state index in [2.05, 4.69) is 55.1 Å². The van der Waals surface area contributed by atoms with Gasteiger partial charge in [-0.2, -0.15) is 0 Å². The summed E-state index contributed by atoms with van der Waals surface area (Å²) in [4.78, 5) is 0. The summed E-state index contributed by atoms with van der Waals surface area (Å²) in [6.45, 7) is 3.84. The van der Waals surface area contributed by atoms with Crippen molar-refractivity contribution in [3.8, 4) is 11.5 Å². The van der Waals surface area contributed by atoms with Crippen LogP contribution in [0.1, 0.15) is 5.56 Å². The van der Waals surface area contributed by atoms with Crippen molar-refractivity contribution in [3.05, 3.63) is 84.9 Å². The second kappa shape index (κ2) is 8.00. The molecule has 0 aliphatic heterocycles. The van der Waals surface area contributed by atoms with E-state index in [0.717, 1.165) is 17.1 Å². The number of methoxy groups -OCH3 is 2. The van der Waals surface area contributed by atoms with Gasteiger partial charge in [-0.15, -0.1) is 0 Å². The Labute approximate surface area is 150 Å². The van der Waals surface area contributed by atoms with Crippen LogP contribution in [0.2, 0.25) is 0 Å². The minimum Gasteiger partial charge on any atom is -0.497 e. The van der Waals surface area contributed by atoms with Crippen LogP contribution in [0.3, 0.4) is 0 Å². The van der Waals surface area contributed by atoms with Gasteiger partial charge in [0.25, 0.3) is 0 Å². The van der Waals surface area contributed by atoms with Crippen LogP contribution in [-0.2, 0) is 0 Å². The van der Waals surface area contributed by atoms with Gasteiger partial charge in [-0.25, -0.2) is 0 Å². The number of rotatable bonds is 6. The fourth-order valence-corrected chi connectivity index (χ4v) is 4.91. The number of hydrogen-bond donors (Lipinski definition) is 0. The van der Waals surface area contributed by atoms with Gasteiger partial charge in [-0.05, 0) is 53.7 Å². The lowest BCUT2D eigenvalue weighted by Gasteiger charge is -2.20. The molecule has 0 atom stereocenters. The Morgan fingerprint density at radius 2 is 1.00 bits per heavy atom. The van der Waals surface area contributed by atoms with Gasteiger partial charge in [-0.3, -0.25) is 0 Å². The maximum atomic E-state index is 5.30. The molecular weight excluding hydrogens is 327 g/mol. The SMILES string of the molecule is C=Cc1ccc(P(c2ccc(OC)cc2)c2ccc(OC)cc2)cc1. The Bertz CT molecular complexity index is 774. The van der Waals surface area contributed by atoms with Gasteiger partial charge in [0.2, 0.25) is 0 Å². The van der Waals surface area contributed by atoms with E-state index < -0.39 is 7.92 Å². The number of ether oxygens (including phenoxy) is 2. The van der Waals surface area contributed by atoms with Crippen molar-refractivity contribution in [2.45, 2.75) is 0 Å². The Balaban J connectivity index is 2.06. The first-order valence-electron chi connectivity index (χ1n) is 8.06. The van der Waals surface area contributed by atoms with Gasteiger partial charge in [0.1, 0.15) is 11.5 Å². The molecule has 0 aromatic heterocycles. The highest BCUT2D eigenvalue weighted by atomic mass is 31.1. The standard InChI is InChI=1S/C22H21O2P/c1-4-17-5-11-20(12-6-17)25(21-13-7-18(23-2)8-14-21)22-15-9-19(24-3)10-16-22/h4-16H,1H2,2-3H3. The lowest BCUT2D eigenvalue weighted by atomic mass is 10.2. The van der Waals surface area contributed by atoms with Crippen LogP contribution < -0.4 is 25.4 Å². The van der Waals surface area contributed by atoms with Gasteiger partial charge in [-0.1, -0.05) is 61.2 Å². The molecule has 0 aliphatic carbocycles. The summed E-state index contributed by atoms with van der Waals surface area (Å²) in [6.07, 6.45) is 1.87. The van der Waals surface area contributed by atoms with Crippen molar-refractivity contribution in [2.24, 2.45) is 0 Å². The molecule has 0 heterocycles. The van der Waals surface area contributed by atoms with E-state index in [1.165, 1.54) is 15.9 Å². The lowest BCUT2D eigenvalue weighted by molar-refractivity contribution is 0.415. The summed E-state index contributed by atoms with van der Waals surface area (Å²) in [6, 6.07) is 25.3. The Morgan fingerprint density at radius 3 is 1.32 bits per heavy atom. The molecule has 2 nitrogen and oxygen atoms in total. The summed E-state index contributed by atoms with van der Waals surface area (Å²) >= 11 is 0. The molecule has 0 radical (unpaired) electrons. The summed E-state index contributed by atoms with van der Waals surface area (Å²) in [5.74, 6) is 1.74. The molecule has 0 amide bonds. The van der Waals surface area contributed by atoms with Crippen LogP contribution in [0.5, 0.6) is 11.5 Å². The molecule has 25 heavy (non-hydrogen) atoms. The van der Waals surface area contributed by atoms with Crippen molar-refractivity contribution >= 4 is 29.9 Å². The molecule has 0 bridgehead atoms. The molecule has 126 valence electrons. The third kappa shape index (κ3) is 3.92. The van der Waals surface area contributed by atoms with Crippen LogP contribution in [0, 0.1) is 0 Å². The second-order valence-corrected chi connectivity index (χ2v) is 7.75. The van der Waals surface area contributed by atoms with Crippen molar-refractivity contribution in [2.75, 3.05) is 14.2 Å². The zero-order valence-electron chi connectivity index (χ0n) is 14.5. The van der Waals surface area contributed by atoms with Gasteiger partial charge in [0.15, 0.2) is 0 Å². The Kier molecular flexibility index (Phi) is 5.53. The van der Waals surface area contributed by atoms with E-state index in [9.17, 15) is 0 Å². The molecule has 0 aliphatic rings.